The number of nitrogens with zero attached hydrogens (tertiary/aromatic N) is 2. The summed E-state index contributed by atoms with van der Waals surface area (Å²) >= 11 is 0. The largest absolute Gasteiger partial charge is 0.383 e. The van der Waals surface area contributed by atoms with Crippen molar-refractivity contribution < 1.29 is 14.3 Å². The van der Waals surface area contributed by atoms with E-state index in [9.17, 15) is 14.4 Å². The number of methoxy groups -OCH3 is 1. The topological polar surface area (TPSA) is 80.6 Å². The summed E-state index contributed by atoms with van der Waals surface area (Å²) in [5, 5.41) is 3.11. The highest BCUT2D eigenvalue weighted by Gasteiger charge is 2.51. The number of ether oxygens (including phenoxy) is 1. The number of likely N-dealkylation sites (tertiary alicyclic amines) is 1. The molecular formula is C28H43N3O4. The van der Waals surface area contributed by atoms with E-state index in [0.717, 1.165) is 44.9 Å². The molecule has 2 atom stereocenters. The summed E-state index contributed by atoms with van der Waals surface area (Å²) in [6, 6.07) is 0.212. The predicted octanol–water partition coefficient (Wildman–Crippen LogP) is 4.38. The molecule has 2 amide bonds. The molecule has 3 aliphatic rings. The monoisotopic (exact) mass is 485 g/mol. The molecule has 2 aliphatic carbocycles. The van der Waals surface area contributed by atoms with E-state index in [1.54, 1.807) is 24.1 Å². The fraction of sp³-hybridized carbons (Fsp3) is 0.750. The van der Waals surface area contributed by atoms with Crippen LogP contribution < -0.4 is 10.7 Å². The first-order valence-electron chi connectivity index (χ1n) is 13.5. The lowest BCUT2D eigenvalue weighted by Gasteiger charge is -2.39. The van der Waals surface area contributed by atoms with Crippen LogP contribution in [-0.2, 0) is 11.3 Å². The average Bonchev–Trinajstić information content (AvgIpc) is 3.02. The summed E-state index contributed by atoms with van der Waals surface area (Å²) in [5.74, 6) is -0.608. The van der Waals surface area contributed by atoms with Crippen molar-refractivity contribution in [2.75, 3.05) is 20.3 Å². The molecule has 35 heavy (non-hydrogen) atoms. The minimum absolute atomic E-state index is 0.0581. The van der Waals surface area contributed by atoms with Crippen LogP contribution in [0.4, 0.5) is 0 Å². The molecule has 1 N–H and O–H groups in total. The van der Waals surface area contributed by atoms with E-state index in [0.29, 0.717) is 19.7 Å². The van der Waals surface area contributed by atoms with Crippen molar-refractivity contribution in [3.8, 4) is 0 Å². The number of carbonyl (C=O) groups excluding carboxylic acids is 2. The molecule has 0 aromatic carbocycles. The molecule has 0 radical (unpaired) electrons. The van der Waals surface area contributed by atoms with Gasteiger partial charge in [0.25, 0.3) is 11.8 Å². The molecule has 1 saturated heterocycles. The minimum atomic E-state index is -0.460. The Hall–Kier alpha value is -2.15. The van der Waals surface area contributed by atoms with Crippen molar-refractivity contribution in [2.45, 2.75) is 104 Å². The van der Waals surface area contributed by atoms with E-state index in [2.05, 4.69) is 26.1 Å². The van der Waals surface area contributed by atoms with E-state index >= 15 is 0 Å². The van der Waals surface area contributed by atoms with Crippen LogP contribution in [0.3, 0.4) is 0 Å². The summed E-state index contributed by atoms with van der Waals surface area (Å²) in [6.07, 6.45) is 13.9. The molecular weight excluding hydrogens is 442 g/mol. The quantitative estimate of drug-likeness (QED) is 0.649. The first-order chi connectivity index (χ1) is 16.6. The minimum Gasteiger partial charge on any atom is -0.383 e. The van der Waals surface area contributed by atoms with Crippen LogP contribution in [0.25, 0.3) is 0 Å². The van der Waals surface area contributed by atoms with Gasteiger partial charge in [-0.05, 0) is 42.9 Å². The first kappa shape index (κ1) is 25.9. The molecule has 0 spiro atoms. The van der Waals surface area contributed by atoms with Gasteiger partial charge in [-0.1, -0.05) is 52.9 Å². The summed E-state index contributed by atoms with van der Waals surface area (Å²) in [4.78, 5) is 42.5. The van der Waals surface area contributed by atoms with Crippen LogP contribution in [0.2, 0.25) is 0 Å². The second kappa shape index (κ2) is 10.5. The number of nitrogens with one attached hydrogen (secondary N) is 1. The maximum absolute atomic E-state index is 13.8. The molecule has 7 heteroatoms. The second-order valence-electron chi connectivity index (χ2n) is 12.3. The Balaban J connectivity index is 1.62. The van der Waals surface area contributed by atoms with Gasteiger partial charge in [0, 0.05) is 44.7 Å². The number of fused-ring (bicyclic) bond motifs is 2. The van der Waals surface area contributed by atoms with Crippen LogP contribution >= 0.6 is 0 Å². The van der Waals surface area contributed by atoms with Crippen LogP contribution in [0, 0.1) is 10.8 Å². The highest BCUT2D eigenvalue weighted by molar-refractivity contribution is 5.99. The van der Waals surface area contributed by atoms with E-state index in [1.165, 1.54) is 19.3 Å². The highest BCUT2D eigenvalue weighted by atomic mass is 16.5. The third kappa shape index (κ3) is 5.99. The molecule has 2 heterocycles. The number of pyridine rings is 1. The van der Waals surface area contributed by atoms with E-state index in [1.807, 2.05) is 4.90 Å². The zero-order valence-corrected chi connectivity index (χ0v) is 22.0. The number of amides is 2. The molecule has 4 rings (SSSR count). The fourth-order valence-corrected chi connectivity index (χ4v) is 6.99. The van der Waals surface area contributed by atoms with Gasteiger partial charge in [-0.15, -0.1) is 0 Å². The standard InChI is InChI=1S/C28H43N3O4/c1-27(2)14-21-15-28(3,18-27)19-31(21)26(34)23-17-30(12-13-35-4)16-22(24(23)32)25(33)29-20-10-8-6-5-7-9-11-20/h16-17,20-21H,5-15,18-19H2,1-4H3,(H,29,33)/t21-,28-/m0/s1. The van der Waals surface area contributed by atoms with Gasteiger partial charge < -0.3 is 19.5 Å². The van der Waals surface area contributed by atoms with E-state index in [4.69, 9.17) is 4.74 Å². The van der Waals surface area contributed by atoms with Crippen LogP contribution in [0.15, 0.2) is 17.2 Å². The summed E-state index contributed by atoms with van der Waals surface area (Å²) in [6.45, 7) is 8.35. The first-order valence-corrected chi connectivity index (χ1v) is 13.5. The van der Waals surface area contributed by atoms with Crippen molar-refractivity contribution >= 4 is 11.8 Å². The van der Waals surface area contributed by atoms with Gasteiger partial charge in [0.15, 0.2) is 0 Å². The summed E-state index contributed by atoms with van der Waals surface area (Å²) in [7, 11) is 1.61. The van der Waals surface area contributed by atoms with Gasteiger partial charge in [0.1, 0.15) is 11.1 Å². The van der Waals surface area contributed by atoms with Gasteiger partial charge in [-0.3, -0.25) is 14.4 Å². The highest BCUT2D eigenvalue weighted by Crippen LogP contribution is 2.52. The zero-order valence-electron chi connectivity index (χ0n) is 22.0. The number of aromatic nitrogens is 1. The van der Waals surface area contributed by atoms with Gasteiger partial charge >= 0.3 is 0 Å². The Morgan fingerprint density at radius 3 is 2.37 bits per heavy atom. The lowest BCUT2D eigenvalue weighted by Crippen LogP contribution is -2.42. The van der Waals surface area contributed by atoms with E-state index in [-0.39, 0.29) is 45.9 Å². The maximum Gasteiger partial charge on any atom is 0.259 e. The van der Waals surface area contributed by atoms with Gasteiger partial charge in [0.05, 0.1) is 6.61 Å². The third-order valence-corrected chi connectivity index (χ3v) is 8.22. The molecule has 1 aromatic heterocycles. The summed E-state index contributed by atoms with van der Waals surface area (Å²) in [5.41, 5.74) is -0.0596. The molecule has 0 unspecified atom stereocenters. The lowest BCUT2D eigenvalue weighted by atomic mass is 9.65. The Morgan fingerprint density at radius 2 is 1.69 bits per heavy atom. The van der Waals surface area contributed by atoms with Crippen LogP contribution in [0.1, 0.15) is 106 Å². The second-order valence-corrected chi connectivity index (χ2v) is 12.3. The Kier molecular flexibility index (Phi) is 7.74. The smallest absolute Gasteiger partial charge is 0.259 e. The van der Waals surface area contributed by atoms with E-state index < -0.39 is 5.43 Å². The molecule has 2 bridgehead atoms. The molecule has 194 valence electrons. The van der Waals surface area contributed by atoms with Crippen molar-refractivity contribution in [2.24, 2.45) is 10.8 Å². The fourth-order valence-electron chi connectivity index (χ4n) is 6.99. The third-order valence-electron chi connectivity index (χ3n) is 8.22. The predicted molar refractivity (Wildman–Crippen MR) is 137 cm³/mol. The van der Waals surface area contributed by atoms with Gasteiger partial charge in [-0.25, -0.2) is 0 Å². The Labute approximate surface area is 209 Å². The Morgan fingerprint density at radius 1 is 1.03 bits per heavy atom. The SMILES string of the molecule is COCCn1cc(C(=O)NC2CCCCCCC2)c(=O)c(C(=O)N2C[C@@]3(C)C[C@@H]2CC(C)(C)C3)c1. The molecule has 1 aromatic rings. The van der Waals surface area contributed by atoms with Crippen LogP contribution in [0.5, 0.6) is 0 Å². The number of carbonyl (C=O) groups is 2. The van der Waals surface area contributed by atoms with Gasteiger partial charge in [-0.2, -0.15) is 0 Å². The van der Waals surface area contributed by atoms with Crippen molar-refractivity contribution in [1.82, 2.24) is 14.8 Å². The van der Waals surface area contributed by atoms with Crippen molar-refractivity contribution in [1.29, 1.82) is 0 Å². The normalized spacial score (nSPS) is 26.7. The average molecular weight is 486 g/mol. The van der Waals surface area contributed by atoms with Crippen molar-refractivity contribution in [3.63, 3.8) is 0 Å². The maximum atomic E-state index is 13.8. The summed E-state index contributed by atoms with van der Waals surface area (Å²) < 4.78 is 6.98. The number of hydrogen-bond acceptors (Lipinski definition) is 4. The van der Waals surface area contributed by atoms with Crippen LogP contribution in [-0.4, -0.2) is 53.6 Å². The van der Waals surface area contributed by atoms with Crippen molar-refractivity contribution in [3.05, 3.63) is 33.7 Å². The molecule has 1 aliphatic heterocycles. The Bertz CT molecular complexity index is 992. The zero-order chi connectivity index (χ0) is 25.2. The van der Waals surface area contributed by atoms with Gasteiger partial charge in [0.2, 0.25) is 5.43 Å². The number of hydrogen-bond donors (Lipinski definition) is 1. The molecule has 3 fully saturated rings. The number of rotatable bonds is 6. The lowest BCUT2D eigenvalue weighted by molar-refractivity contribution is 0.0705. The molecule has 7 nitrogen and oxygen atoms in total. The molecule has 2 saturated carbocycles.